The number of nitriles is 1. The molecule has 0 saturated carbocycles. The van der Waals surface area contributed by atoms with Crippen molar-refractivity contribution in [3.05, 3.63) is 96.6 Å². The van der Waals surface area contributed by atoms with Crippen molar-refractivity contribution in [1.29, 1.82) is 5.26 Å². The van der Waals surface area contributed by atoms with Crippen LogP contribution in [0, 0.1) is 31.9 Å². The van der Waals surface area contributed by atoms with Gasteiger partial charge in [0.2, 0.25) is 0 Å². The highest BCUT2D eigenvalue weighted by molar-refractivity contribution is 14.1. The average molecular weight is 540 g/mol. The lowest BCUT2D eigenvalue weighted by atomic mass is 10.0. The molecule has 32 heavy (non-hydrogen) atoms. The van der Waals surface area contributed by atoms with Gasteiger partial charge >= 0.3 is 0 Å². The molecule has 0 amide bonds. The maximum atomic E-state index is 10.8. The summed E-state index contributed by atoms with van der Waals surface area (Å²) in [5.74, 6) is 1.17. The zero-order valence-corrected chi connectivity index (χ0v) is 19.8. The lowest BCUT2D eigenvalue weighted by molar-refractivity contribution is -0.384. The predicted molar refractivity (Wildman–Crippen MR) is 132 cm³/mol. The monoisotopic (exact) mass is 540 g/mol. The molecule has 3 rings (SSSR count). The zero-order chi connectivity index (χ0) is 23.1. The summed E-state index contributed by atoms with van der Waals surface area (Å²) in [6.45, 7) is 4.60. The van der Waals surface area contributed by atoms with E-state index in [-0.39, 0.29) is 12.3 Å². The van der Waals surface area contributed by atoms with Crippen LogP contribution in [0.3, 0.4) is 0 Å². The number of halogens is 1. The third kappa shape index (κ3) is 5.86. The molecule has 0 aromatic heterocycles. The van der Waals surface area contributed by atoms with Crippen LogP contribution in [0.4, 0.5) is 5.69 Å². The van der Waals surface area contributed by atoms with Gasteiger partial charge in [-0.3, -0.25) is 10.1 Å². The maximum absolute atomic E-state index is 10.8. The van der Waals surface area contributed by atoms with Crippen LogP contribution in [0.2, 0.25) is 0 Å². The Morgan fingerprint density at radius 2 is 1.81 bits per heavy atom. The van der Waals surface area contributed by atoms with Crippen LogP contribution in [0.5, 0.6) is 11.5 Å². The van der Waals surface area contributed by atoms with Gasteiger partial charge in [-0.1, -0.05) is 29.8 Å². The first-order valence-corrected chi connectivity index (χ1v) is 11.0. The van der Waals surface area contributed by atoms with Crippen LogP contribution in [-0.2, 0) is 6.61 Å². The molecule has 0 radical (unpaired) electrons. The lowest BCUT2D eigenvalue weighted by Crippen LogP contribution is -2.02. The molecule has 0 bridgehead atoms. The van der Waals surface area contributed by atoms with E-state index in [4.69, 9.17) is 9.47 Å². The third-order valence-corrected chi connectivity index (χ3v) is 5.46. The number of hydrogen-bond acceptors (Lipinski definition) is 5. The van der Waals surface area contributed by atoms with Gasteiger partial charge in [0, 0.05) is 12.1 Å². The van der Waals surface area contributed by atoms with Crippen LogP contribution < -0.4 is 9.47 Å². The van der Waals surface area contributed by atoms with E-state index in [1.54, 1.807) is 12.1 Å². The molecule has 0 aliphatic heterocycles. The fourth-order valence-corrected chi connectivity index (χ4v) is 3.80. The molecule has 3 aromatic carbocycles. The van der Waals surface area contributed by atoms with E-state index in [1.807, 2.05) is 56.3 Å². The summed E-state index contributed by atoms with van der Waals surface area (Å²) in [7, 11) is 0. The van der Waals surface area contributed by atoms with E-state index in [0.29, 0.717) is 23.7 Å². The Hall–Kier alpha value is -3.38. The SMILES string of the molecule is CCOc1cc(/C=C(/C#N)c2ccc(C)cc2)cc(I)c1OCc1ccc([N+](=O)[O-])cc1. The number of non-ortho nitro benzene ring substituents is 1. The fourth-order valence-electron chi connectivity index (χ4n) is 3.02. The van der Waals surface area contributed by atoms with Crippen LogP contribution in [-0.4, -0.2) is 11.5 Å². The normalized spacial score (nSPS) is 11.0. The number of nitro benzene ring substituents is 1. The standard InChI is InChI=1S/C25H21IN2O4/c1-3-31-24-14-19(12-21(15-27)20-8-4-17(2)5-9-20)13-23(26)25(24)32-16-18-6-10-22(11-7-18)28(29)30/h4-14H,3,16H2,1-2H3/b21-12-. The van der Waals surface area contributed by atoms with Crippen LogP contribution >= 0.6 is 22.6 Å². The van der Waals surface area contributed by atoms with Crippen molar-refractivity contribution in [2.24, 2.45) is 0 Å². The number of nitro groups is 1. The van der Waals surface area contributed by atoms with Crippen molar-refractivity contribution in [1.82, 2.24) is 0 Å². The number of allylic oxidation sites excluding steroid dienone is 1. The maximum Gasteiger partial charge on any atom is 0.269 e. The van der Waals surface area contributed by atoms with Crippen molar-refractivity contribution < 1.29 is 14.4 Å². The van der Waals surface area contributed by atoms with Gasteiger partial charge in [0.1, 0.15) is 6.61 Å². The van der Waals surface area contributed by atoms with Crippen LogP contribution in [0.15, 0.2) is 60.7 Å². The second-order valence-electron chi connectivity index (χ2n) is 7.01. The second-order valence-corrected chi connectivity index (χ2v) is 8.17. The molecule has 0 fully saturated rings. The molecule has 162 valence electrons. The predicted octanol–water partition coefficient (Wildman–Crippen LogP) is 6.55. The summed E-state index contributed by atoms with van der Waals surface area (Å²) >= 11 is 2.18. The molecule has 6 nitrogen and oxygen atoms in total. The minimum absolute atomic E-state index is 0.0383. The highest BCUT2D eigenvalue weighted by atomic mass is 127. The molecule has 0 N–H and O–H groups in total. The van der Waals surface area contributed by atoms with Gasteiger partial charge in [-0.2, -0.15) is 5.26 Å². The summed E-state index contributed by atoms with van der Waals surface area (Å²) in [6, 6.07) is 20.1. The van der Waals surface area contributed by atoms with Crippen LogP contribution in [0.25, 0.3) is 11.6 Å². The first-order chi connectivity index (χ1) is 15.4. The van der Waals surface area contributed by atoms with Gasteiger partial charge < -0.3 is 9.47 Å². The van der Waals surface area contributed by atoms with Gasteiger partial charge in [-0.05, 0) is 83.5 Å². The van der Waals surface area contributed by atoms with E-state index in [0.717, 1.165) is 25.8 Å². The second kappa shape index (κ2) is 10.8. The quantitative estimate of drug-likeness (QED) is 0.106. The Morgan fingerprint density at radius 3 is 2.41 bits per heavy atom. The fraction of sp³-hybridized carbons (Fsp3) is 0.160. The molecule has 0 spiro atoms. The van der Waals surface area contributed by atoms with E-state index in [2.05, 4.69) is 28.7 Å². The summed E-state index contributed by atoms with van der Waals surface area (Å²) in [5.41, 5.74) is 4.22. The van der Waals surface area contributed by atoms with Gasteiger partial charge in [-0.15, -0.1) is 0 Å². The Bertz CT molecular complexity index is 1180. The minimum atomic E-state index is -0.431. The molecular formula is C25H21IN2O4. The van der Waals surface area contributed by atoms with Crippen molar-refractivity contribution in [3.63, 3.8) is 0 Å². The van der Waals surface area contributed by atoms with Gasteiger partial charge in [0.25, 0.3) is 5.69 Å². The number of benzene rings is 3. The molecule has 0 saturated heterocycles. The number of nitrogens with zero attached hydrogens (tertiary/aromatic N) is 2. The van der Waals surface area contributed by atoms with Crippen molar-refractivity contribution in [3.8, 4) is 17.6 Å². The number of aryl methyl sites for hydroxylation is 1. The van der Waals surface area contributed by atoms with E-state index in [1.165, 1.54) is 12.1 Å². The summed E-state index contributed by atoms with van der Waals surface area (Å²) < 4.78 is 12.6. The first kappa shape index (κ1) is 23.3. The van der Waals surface area contributed by atoms with Crippen molar-refractivity contribution >= 4 is 39.9 Å². The van der Waals surface area contributed by atoms with Gasteiger partial charge in [0.15, 0.2) is 11.5 Å². The summed E-state index contributed by atoms with van der Waals surface area (Å²) in [4.78, 5) is 10.4. The van der Waals surface area contributed by atoms with E-state index in [9.17, 15) is 15.4 Å². The zero-order valence-electron chi connectivity index (χ0n) is 17.7. The molecule has 0 aliphatic carbocycles. The van der Waals surface area contributed by atoms with Gasteiger partial charge in [0.05, 0.1) is 26.7 Å². The van der Waals surface area contributed by atoms with Crippen molar-refractivity contribution in [2.75, 3.05) is 6.61 Å². The Balaban J connectivity index is 1.87. The summed E-state index contributed by atoms with van der Waals surface area (Å²) in [5, 5.41) is 20.5. The van der Waals surface area contributed by atoms with Gasteiger partial charge in [-0.25, -0.2) is 0 Å². The molecule has 0 heterocycles. The molecular weight excluding hydrogens is 519 g/mol. The largest absolute Gasteiger partial charge is 0.490 e. The Kier molecular flexibility index (Phi) is 7.84. The number of rotatable bonds is 8. The van der Waals surface area contributed by atoms with E-state index >= 15 is 0 Å². The molecule has 0 atom stereocenters. The van der Waals surface area contributed by atoms with E-state index < -0.39 is 4.92 Å². The smallest absolute Gasteiger partial charge is 0.269 e. The van der Waals surface area contributed by atoms with Crippen LogP contribution in [0.1, 0.15) is 29.2 Å². The average Bonchev–Trinajstić information content (AvgIpc) is 2.78. The Morgan fingerprint density at radius 1 is 1.12 bits per heavy atom. The lowest BCUT2D eigenvalue weighted by Gasteiger charge is -2.15. The minimum Gasteiger partial charge on any atom is -0.490 e. The third-order valence-electron chi connectivity index (χ3n) is 4.66. The number of ether oxygens (including phenoxy) is 2. The molecule has 0 aliphatic rings. The topological polar surface area (TPSA) is 85.4 Å². The van der Waals surface area contributed by atoms with Crippen molar-refractivity contribution in [2.45, 2.75) is 20.5 Å². The molecule has 3 aromatic rings. The highest BCUT2D eigenvalue weighted by Gasteiger charge is 2.13. The molecule has 7 heteroatoms. The first-order valence-electron chi connectivity index (χ1n) is 9.92. The summed E-state index contributed by atoms with van der Waals surface area (Å²) in [6.07, 6.45) is 1.83. The molecule has 0 unspecified atom stereocenters. The number of hydrogen-bond donors (Lipinski definition) is 0. The highest BCUT2D eigenvalue weighted by Crippen LogP contribution is 2.36. The Labute approximate surface area is 200 Å².